The van der Waals surface area contributed by atoms with Crippen LogP contribution in [0.3, 0.4) is 0 Å². The third-order valence-electron chi connectivity index (χ3n) is 3.36. The van der Waals surface area contributed by atoms with E-state index in [9.17, 15) is 14.9 Å². The lowest BCUT2D eigenvalue weighted by molar-refractivity contribution is -0.384. The molecule has 142 valence electrons. The number of amidine groups is 1. The summed E-state index contributed by atoms with van der Waals surface area (Å²) in [5, 5.41) is 22.1. The number of thioether (sulfide) groups is 1. The number of aromatic nitrogens is 2. The first-order valence-electron chi connectivity index (χ1n) is 7.83. The Labute approximate surface area is 162 Å². The Morgan fingerprint density at radius 1 is 1.18 bits per heavy atom. The van der Waals surface area contributed by atoms with Crippen LogP contribution in [0.15, 0.2) is 69.4 Å². The zero-order valence-corrected chi connectivity index (χ0v) is 15.0. The fraction of sp³-hybridized carbons (Fsp3) is 0.0588. The highest BCUT2D eigenvalue weighted by Crippen LogP contribution is 2.22. The van der Waals surface area contributed by atoms with E-state index in [1.807, 2.05) is 30.3 Å². The van der Waals surface area contributed by atoms with Gasteiger partial charge in [-0.05, 0) is 24.3 Å². The van der Waals surface area contributed by atoms with Crippen molar-refractivity contribution in [2.45, 2.75) is 5.22 Å². The molecule has 2 aromatic carbocycles. The molecule has 1 aromatic heterocycles. The molecule has 3 aromatic rings. The first-order valence-corrected chi connectivity index (χ1v) is 8.81. The largest absolute Gasteiger partial charge is 0.411 e. The lowest BCUT2D eigenvalue weighted by Crippen LogP contribution is -2.15. The van der Waals surface area contributed by atoms with Gasteiger partial charge >= 0.3 is 5.97 Å². The van der Waals surface area contributed by atoms with Gasteiger partial charge in [-0.2, -0.15) is 0 Å². The van der Waals surface area contributed by atoms with Gasteiger partial charge in [0.2, 0.25) is 5.89 Å². The summed E-state index contributed by atoms with van der Waals surface area (Å²) in [4.78, 5) is 26.6. The Bertz CT molecular complexity index is 1000. The summed E-state index contributed by atoms with van der Waals surface area (Å²) in [6.45, 7) is 0. The molecule has 0 bridgehead atoms. The topological polar surface area (TPSA) is 147 Å². The van der Waals surface area contributed by atoms with Gasteiger partial charge in [-0.1, -0.05) is 35.1 Å². The number of carbonyl (C=O) groups is 1. The summed E-state index contributed by atoms with van der Waals surface area (Å²) in [6, 6.07) is 14.6. The summed E-state index contributed by atoms with van der Waals surface area (Å²) >= 11 is 0.997. The summed E-state index contributed by atoms with van der Waals surface area (Å²) < 4.78 is 5.46. The van der Waals surface area contributed by atoms with Crippen molar-refractivity contribution in [3.05, 3.63) is 70.3 Å². The van der Waals surface area contributed by atoms with Crippen LogP contribution < -0.4 is 5.73 Å². The lowest BCUT2D eigenvalue weighted by Gasteiger charge is -2.00. The van der Waals surface area contributed by atoms with Gasteiger partial charge in [0.05, 0.1) is 4.92 Å². The number of carbonyl (C=O) groups excluding carboxylic acids is 1. The maximum absolute atomic E-state index is 11.8. The minimum absolute atomic E-state index is 0.0839. The highest BCUT2D eigenvalue weighted by Gasteiger charge is 2.12. The predicted molar refractivity (Wildman–Crippen MR) is 100 cm³/mol. The first-order chi connectivity index (χ1) is 13.5. The number of hydrogen-bond donors (Lipinski definition) is 1. The van der Waals surface area contributed by atoms with Gasteiger partial charge in [-0.15, -0.1) is 10.2 Å². The third kappa shape index (κ3) is 4.92. The molecular formula is C17H13N5O5S. The van der Waals surface area contributed by atoms with Crippen molar-refractivity contribution in [3.8, 4) is 11.5 Å². The molecule has 0 amide bonds. The summed E-state index contributed by atoms with van der Waals surface area (Å²) in [5.41, 5.74) is 6.77. The number of non-ortho nitro benzene ring substituents is 1. The molecule has 0 spiro atoms. The van der Waals surface area contributed by atoms with Crippen LogP contribution in [0, 0.1) is 10.1 Å². The molecular weight excluding hydrogens is 386 g/mol. The van der Waals surface area contributed by atoms with Gasteiger partial charge in [-0.25, -0.2) is 4.79 Å². The van der Waals surface area contributed by atoms with E-state index >= 15 is 0 Å². The maximum Gasteiger partial charge on any atom is 0.345 e. The summed E-state index contributed by atoms with van der Waals surface area (Å²) in [5.74, 6) is -0.531. The Hall–Kier alpha value is -3.73. The molecule has 3 rings (SSSR count). The molecule has 2 N–H and O–H groups in total. The average molecular weight is 399 g/mol. The standard InChI is InChI=1S/C17H13N5O5S/c18-15(11-6-8-13(9-7-11)22(24)25)21-27-14(23)10-28-17-20-19-16(26-17)12-4-2-1-3-5-12/h1-9H,10H2,(H2,18,21). The lowest BCUT2D eigenvalue weighted by atomic mass is 10.2. The third-order valence-corrected chi connectivity index (χ3v) is 4.15. The SMILES string of the molecule is NC(=NOC(=O)CSc1nnc(-c2ccccc2)o1)c1ccc([N+](=O)[O-])cc1. The van der Waals surface area contributed by atoms with Crippen LogP contribution in [0.1, 0.15) is 5.56 Å². The van der Waals surface area contributed by atoms with Crippen molar-refractivity contribution in [2.24, 2.45) is 10.9 Å². The monoisotopic (exact) mass is 399 g/mol. The van der Waals surface area contributed by atoms with Crippen molar-refractivity contribution < 1.29 is 19.0 Å². The van der Waals surface area contributed by atoms with Gasteiger partial charge in [-0.3, -0.25) is 10.1 Å². The second-order valence-corrected chi connectivity index (χ2v) is 6.20. The van der Waals surface area contributed by atoms with E-state index in [4.69, 9.17) is 15.0 Å². The molecule has 0 saturated carbocycles. The second-order valence-electron chi connectivity index (χ2n) is 5.27. The van der Waals surface area contributed by atoms with Crippen molar-refractivity contribution >= 4 is 29.3 Å². The van der Waals surface area contributed by atoms with Gasteiger partial charge in [0, 0.05) is 23.3 Å². The molecule has 28 heavy (non-hydrogen) atoms. The van der Waals surface area contributed by atoms with E-state index in [1.54, 1.807) is 0 Å². The Morgan fingerprint density at radius 2 is 1.89 bits per heavy atom. The van der Waals surface area contributed by atoms with E-state index in [0.29, 0.717) is 11.5 Å². The molecule has 0 aliphatic rings. The Balaban J connectivity index is 1.52. The maximum atomic E-state index is 11.8. The van der Waals surface area contributed by atoms with E-state index < -0.39 is 10.9 Å². The highest BCUT2D eigenvalue weighted by atomic mass is 32.2. The fourth-order valence-corrected chi connectivity index (χ4v) is 2.55. The Kier molecular flexibility index (Phi) is 5.97. The molecule has 0 radical (unpaired) electrons. The van der Waals surface area contributed by atoms with Crippen molar-refractivity contribution in [1.82, 2.24) is 10.2 Å². The van der Waals surface area contributed by atoms with Crippen LogP contribution in [-0.2, 0) is 9.63 Å². The summed E-state index contributed by atoms with van der Waals surface area (Å²) in [7, 11) is 0. The van der Waals surface area contributed by atoms with Crippen LogP contribution in [0.4, 0.5) is 5.69 Å². The van der Waals surface area contributed by atoms with E-state index in [-0.39, 0.29) is 22.5 Å². The minimum atomic E-state index is -0.672. The number of nitro groups is 1. The zero-order valence-electron chi connectivity index (χ0n) is 14.2. The number of nitrogens with two attached hydrogens (primary N) is 1. The highest BCUT2D eigenvalue weighted by molar-refractivity contribution is 7.99. The number of rotatable bonds is 7. The van der Waals surface area contributed by atoms with Crippen molar-refractivity contribution in [1.29, 1.82) is 0 Å². The van der Waals surface area contributed by atoms with E-state index in [2.05, 4.69) is 15.4 Å². The van der Waals surface area contributed by atoms with Crippen LogP contribution >= 0.6 is 11.8 Å². The van der Waals surface area contributed by atoms with Crippen LogP contribution in [-0.4, -0.2) is 32.7 Å². The number of oxime groups is 1. The molecule has 11 heteroatoms. The molecule has 0 aliphatic carbocycles. The van der Waals surface area contributed by atoms with Crippen LogP contribution in [0.2, 0.25) is 0 Å². The van der Waals surface area contributed by atoms with Gasteiger partial charge in [0.1, 0.15) is 5.75 Å². The van der Waals surface area contributed by atoms with Gasteiger partial charge < -0.3 is 15.0 Å². The number of hydrogen-bond acceptors (Lipinski definition) is 9. The van der Waals surface area contributed by atoms with Gasteiger partial charge in [0.25, 0.3) is 10.9 Å². The fourth-order valence-electron chi connectivity index (χ4n) is 2.02. The van der Waals surface area contributed by atoms with Crippen molar-refractivity contribution in [2.75, 3.05) is 5.75 Å². The first kappa shape index (κ1) is 19.0. The molecule has 0 saturated heterocycles. The summed E-state index contributed by atoms with van der Waals surface area (Å²) in [6.07, 6.45) is 0. The van der Waals surface area contributed by atoms with Crippen LogP contribution in [0.25, 0.3) is 11.5 Å². The predicted octanol–water partition coefficient (Wildman–Crippen LogP) is 2.60. The Morgan fingerprint density at radius 3 is 2.57 bits per heavy atom. The minimum Gasteiger partial charge on any atom is -0.411 e. The van der Waals surface area contributed by atoms with Crippen molar-refractivity contribution in [3.63, 3.8) is 0 Å². The quantitative estimate of drug-likeness (QED) is 0.158. The van der Waals surface area contributed by atoms with Gasteiger partial charge in [0.15, 0.2) is 5.84 Å². The molecule has 0 atom stereocenters. The van der Waals surface area contributed by atoms with E-state index in [1.165, 1.54) is 24.3 Å². The molecule has 10 nitrogen and oxygen atoms in total. The average Bonchev–Trinajstić information content (AvgIpc) is 3.20. The second kappa shape index (κ2) is 8.77. The van der Waals surface area contributed by atoms with Crippen LogP contribution in [0.5, 0.6) is 0 Å². The molecule has 0 aliphatic heterocycles. The molecule has 0 unspecified atom stereocenters. The molecule has 0 fully saturated rings. The zero-order chi connectivity index (χ0) is 19.9. The normalized spacial score (nSPS) is 11.2. The number of benzene rings is 2. The van der Waals surface area contributed by atoms with E-state index in [0.717, 1.165) is 17.3 Å². The number of nitro benzene ring substituents is 1. The smallest absolute Gasteiger partial charge is 0.345 e. The number of nitrogens with zero attached hydrogens (tertiary/aromatic N) is 4. The molecule has 1 heterocycles.